The Labute approximate surface area is 231 Å². The average molecular weight is 561 g/mol. The summed E-state index contributed by atoms with van der Waals surface area (Å²) in [6.45, 7) is 3.00. The molecule has 40 heavy (non-hydrogen) atoms. The third-order valence-electron chi connectivity index (χ3n) is 7.86. The Bertz CT molecular complexity index is 1220. The molecule has 2 N–H and O–H groups in total. The summed E-state index contributed by atoms with van der Waals surface area (Å²) in [5.74, 6) is -1.97. The molecule has 0 aromatic carbocycles. The maximum absolute atomic E-state index is 15.0. The topological polar surface area (TPSA) is 125 Å². The number of likely N-dealkylation sites (N-methyl/N-ethyl adjacent to an activating group) is 1. The fourth-order valence-electron chi connectivity index (χ4n) is 5.67. The molecule has 2 aliphatic heterocycles. The molecule has 3 amide bonds. The van der Waals surface area contributed by atoms with E-state index in [1.807, 2.05) is 0 Å². The first-order chi connectivity index (χ1) is 19.1. The second kappa shape index (κ2) is 11.4. The number of amides is 3. The van der Waals surface area contributed by atoms with E-state index in [2.05, 4.69) is 37.5 Å². The fraction of sp³-hybridized carbons (Fsp3) is 0.577. The van der Waals surface area contributed by atoms with Gasteiger partial charge in [-0.3, -0.25) is 10.6 Å². The molecule has 4 atom stereocenters. The summed E-state index contributed by atoms with van der Waals surface area (Å²) in [6.07, 6.45) is 4.87. The molecule has 0 spiro atoms. The molecule has 3 fully saturated rings. The first kappa shape index (κ1) is 27.7. The average Bonchev–Trinajstić information content (AvgIpc) is 3.48. The standard InChI is InChI=1S/C26H34F2N8O4/c1-4-39-23-13-30-21(12-31-23)33-24(37)35(3)20-15-36(8-6-26(20,27)28)22-10-17(5-7-29-22)32-25(38)40-19-11-18-9-16(19)14-34(18)2/h5,7,10,12-13,16,18-20H,4,6,8-9,11,14-15H2,1-3H3,(H,29,32,38)(H,30,33,37)/t16-,18-,19+,20+/m1/s1. The molecule has 2 bridgehead atoms. The van der Waals surface area contributed by atoms with Crippen molar-refractivity contribution in [3.05, 3.63) is 30.7 Å². The molecular weight excluding hydrogens is 526 g/mol. The molecule has 5 rings (SSSR count). The van der Waals surface area contributed by atoms with Crippen molar-refractivity contribution < 1.29 is 27.8 Å². The number of likely N-dealkylation sites (tertiary alicyclic amines) is 1. The van der Waals surface area contributed by atoms with Crippen molar-refractivity contribution >= 4 is 29.4 Å². The van der Waals surface area contributed by atoms with E-state index in [0.717, 1.165) is 24.3 Å². The number of nitrogens with zero attached hydrogens (tertiary/aromatic N) is 6. The summed E-state index contributed by atoms with van der Waals surface area (Å²) in [5.41, 5.74) is 0.448. The van der Waals surface area contributed by atoms with Crippen molar-refractivity contribution in [2.24, 2.45) is 5.92 Å². The second-order valence-corrected chi connectivity index (χ2v) is 10.5. The smallest absolute Gasteiger partial charge is 0.411 e. The second-order valence-electron chi connectivity index (χ2n) is 10.5. The van der Waals surface area contributed by atoms with Gasteiger partial charge in [0.2, 0.25) is 5.88 Å². The number of hydrogen-bond donors (Lipinski definition) is 2. The maximum Gasteiger partial charge on any atom is 0.411 e. The summed E-state index contributed by atoms with van der Waals surface area (Å²) in [7, 11) is 3.40. The molecule has 216 valence electrons. The van der Waals surface area contributed by atoms with E-state index < -0.39 is 30.5 Å². The van der Waals surface area contributed by atoms with Gasteiger partial charge >= 0.3 is 12.1 Å². The van der Waals surface area contributed by atoms with Gasteiger partial charge in [-0.05, 0) is 26.5 Å². The van der Waals surface area contributed by atoms with Crippen molar-refractivity contribution in [1.82, 2.24) is 24.8 Å². The molecular formula is C26H34F2N8O4. The fourth-order valence-corrected chi connectivity index (χ4v) is 5.67. The number of nitrogens with one attached hydrogen (secondary N) is 2. The summed E-state index contributed by atoms with van der Waals surface area (Å²) in [5, 5.41) is 5.24. The minimum atomic E-state index is -3.12. The largest absolute Gasteiger partial charge is 0.477 e. The Morgan fingerprint density at radius 2 is 2.00 bits per heavy atom. The van der Waals surface area contributed by atoms with Gasteiger partial charge in [-0.15, -0.1) is 0 Å². The molecule has 4 heterocycles. The number of hydrogen-bond acceptors (Lipinski definition) is 9. The highest BCUT2D eigenvalue weighted by molar-refractivity contribution is 5.88. The van der Waals surface area contributed by atoms with Crippen LogP contribution in [0.1, 0.15) is 26.2 Å². The zero-order chi connectivity index (χ0) is 28.4. The molecule has 2 aromatic rings. The van der Waals surface area contributed by atoms with Crippen LogP contribution in [0.25, 0.3) is 0 Å². The van der Waals surface area contributed by atoms with Crippen LogP contribution in [0.15, 0.2) is 30.7 Å². The highest BCUT2D eigenvalue weighted by atomic mass is 19.3. The summed E-state index contributed by atoms with van der Waals surface area (Å²) < 4.78 is 40.9. The Hall–Kier alpha value is -3.81. The Kier molecular flexibility index (Phi) is 7.88. The quantitative estimate of drug-likeness (QED) is 0.525. The summed E-state index contributed by atoms with van der Waals surface area (Å²) in [4.78, 5) is 42.7. The van der Waals surface area contributed by atoms with Crippen LogP contribution in [0.3, 0.4) is 0 Å². The minimum absolute atomic E-state index is 0.0306. The number of rotatable bonds is 7. The predicted molar refractivity (Wildman–Crippen MR) is 143 cm³/mol. The molecule has 0 radical (unpaired) electrons. The number of ether oxygens (including phenoxy) is 2. The number of aromatic nitrogens is 3. The van der Waals surface area contributed by atoms with E-state index in [1.165, 1.54) is 25.6 Å². The molecule has 12 nitrogen and oxygen atoms in total. The van der Waals surface area contributed by atoms with Crippen LogP contribution < -0.4 is 20.3 Å². The lowest BCUT2D eigenvalue weighted by Gasteiger charge is -2.42. The van der Waals surface area contributed by atoms with E-state index in [0.29, 0.717) is 36.0 Å². The highest BCUT2D eigenvalue weighted by Gasteiger charge is 2.48. The van der Waals surface area contributed by atoms with E-state index in [4.69, 9.17) is 9.47 Å². The van der Waals surface area contributed by atoms with Crippen LogP contribution in [-0.2, 0) is 4.74 Å². The lowest BCUT2D eigenvalue weighted by atomic mass is 9.99. The SMILES string of the molecule is CCOc1cnc(NC(=O)N(C)[C@H]2CN(c3cc(NC(=O)O[C@H]4C[C@H]5C[C@@H]4CN5C)ccn3)CCC2(F)F)cn1. The number of fused-ring (bicyclic) bond motifs is 2. The molecule has 2 saturated heterocycles. The van der Waals surface area contributed by atoms with Crippen LogP contribution >= 0.6 is 0 Å². The Morgan fingerprint density at radius 3 is 2.67 bits per heavy atom. The van der Waals surface area contributed by atoms with E-state index in [-0.39, 0.29) is 25.0 Å². The predicted octanol–water partition coefficient (Wildman–Crippen LogP) is 3.29. The first-order valence-electron chi connectivity index (χ1n) is 13.4. The van der Waals surface area contributed by atoms with Gasteiger partial charge in [0.15, 0.2) is 5.82 Å². The van der Waals surface area contributed by atoms with Gasteiger partial charge in [0, 0.05) is 69.4 Å². The number of urea groups is 1. The first-order valence-corrected chi connectivity index (χ1v) is 13.4. The zero-order valence-electron chi connectivity index (χ0n) is 22.7. The van der Waals surface area contributed by atoms with Gasteiger partial charge in [0.25, 0.3) is 5.92 Å². The minimum Gasteiger partial charge on any atom is -0.477 e. The van der Waals surface area contributed by atoms with Crippen molar-refractivity contribution in [3.63, 3.8) is 0 Å². The number of anilines is 3. The maximum atomic E-state index is 15.0. The van der Waals surface area contributed by atoms with Gasteiger partial charge in [0.05, 0.1) is 19.0 Å². The summed E-state index contributed by atoms with van der Waals surface area (Å²) >= 11 is 0. The molecule has 1 aliphatic carbocycles. The summed E-state index contributed by atoms with van der Waals surface area (Å²) in [6, 6.07) is 1.51. The number of carbonyl (C=O) groups excluding carboxylic acids is 2. The molecule has 1 saturated carbocycles. The number of pyridine rings is 1. The third kappa shape index (κ3) is 6.01. The Morgan fingerprint density at radius 1 is 1.18 bits per heavy atom. The van der Waals surface area contributed by atoms with Crippen LogP contribution in [0.5, 0.6) is 5.88 Å². The lowest BCUT2D eigenvalue weighted by Crippen LogP contribution is -2.60. The van der Waals surface area contributed by atoms with E-state index in [1.54, 1.807) is 24.0 Å². The molecule has 2 aromatic heterocycles. The van der Waals surface area contributed by atoms with Gasteiger partial charge in [0.1, 0.15) is 18.0 Å². The van der Waals surface area contributed by atoms with Crippen molar-refractivity contribution in [2.45, 2.75) is 50.3 Å². The number of halogens is 2. The van der Waals surface area contributed by atoms with Crippen molar-refractivity contribution in [3.8, 4) is 5.88 Å². The number of carbonyl (C=O) groups is 2. The molecule has 0 unspecified atom stereocenters. The normalized spacial score (nSPS) is 25.4. The number of alkyl halides is 2. The van der Waals surface area contributed by atoms with E-state index >= 15 is 0 Å². The van der Waals surface area contributed by atoms with Gasteiger partial charge in [-0.2, -0.15) is 0 Å². The van der Waals surface area contributed by atoms with Crippen LogP contribution in [0.4, 0.5) is 35.7 Å². The van der Waals surface area contributed by atoms with Gasteiger partial charge < -0.3 is 24.2 Å². The van der Waals surface area contributed by atoms with Gasteiger partial charge in [-0.25, -0.2) is 33.3 Å². The molecule has 14 heteroatoms. The number of piperidine rings is 2. The van der Waals surface area contributed by atoms with Crippen molar-refractivity contribution in [1.29, 1.82) is 0 Å². The van der Waals surface area contributed by atoms with Gasteiger partial charge in [-0.1, -0.05) is 0 Å². The van der Waals surface area contributed by atoms with Crippen molar-refractivity contribution in [2.75, 3.05) is 55.9 Å². The Balaban J connectivity index is 1.20. The zero-order valence-corrected chi connectivity index (χ0v) is 22.7. The third-order valence-corrected chi connectivity index (χ3v) is 7.86. The van der Waals surface area contributed by atoms with Crippen LogP contribution in [-0.4, -0.2) is 101 Å². The van der Waals surface area contributed by atoms with Crippen LogP contribution in [0, 0.1) is 5.92 Å². The molecule has 3 aliphatic rings. The highest BCUT2D eigenvalue weighted by Crippen LogP contribution is 2.39. The van der Waals surface area contributed by atoms with Crippen LogP contribution in [0.2, 0.25) is 0 Å². The monoisotopic (exact) mass is 560 g/mol. The van der Waals surface area contributed by atoms with E-state index in [9.17, 15) is 18.4 Å². The lowest BCUT2D eigenvalue weighted by molar-refractivity contribution is -0.0759.